The molecule has 0 spiro atoms. The number of alkyl halides is 2. The number of amides is 1. The zero-order chi connectivity index (χ0) is 13.4. The van der Waals surface area contributed by atoms with Gasteiger partial charge in [-0.05, 0) is 24.8 Å². The summed E-state index contributed by atoms with van der Waals surface area (Å²) >= 11 is 13.8. The average Bonchev–Trinajstić information content (AvgIpc) is 2.71. The number of halogens is 2. The Balaban J connectivity index is 2.11. The van der Waals surface area contributed by atoms with E-state index in [0.717, 1.165) is 4.88 Å². The zero-order valence-electron chi connectivity index (χ0n) is 10.2. The van der Waals surface area contributed by atoms with E-state index in [1.807, 2.05) is 24.4 Å². The van der Waals surface area contributed by atoms with E-state index in [9.17, 15) is 4.79 Å². The molecule has 0 bridgehead atoms. The number of nitrogens with zero attached hydrogens (tertiary/aromatic N) is 1. The minimum absolute atomic E-state index is 0.000741. The molecule has 5 heteroatoms. The molecule has 98 valence electrons. The SMILES string of the molecule is C=CCN(Cc1cccs1)C(=O)C1(C)CC1(Cl)Cl. The van der Waals surface area contributed by atoms with Gasteiger partial charge in [-0.25, -0.2) is 0 Å². The van der Waals surface area contributed by atoms with Crippen LogP contribution >= 0.6 is 34.5 Å². The Morgan fingerprint density at radius 1 is 1.67 bits per heavy atom. The van der Waals surface area contributed by atoms with Crippen LogP contribution in [0, 0.1) is 5.41 Å². The molecule has 1 aromatic heterocycles. The van der Waals surface area contributed by atoms with E-state index in [2.05, 4.69) is 6.58 Å². The van der Waals surface area contributed by atoms with Crippen molar-refractivity contribution in [2.24, 2.45) is 5.41 Å². The number of carbonyl (C=O) groups is 1. The van der Waals surface area contributed by atoms with Gasteiger partial charge in [-0.3, -0.25) is 4.79 Å². The minimum atomic E-state index is -0.918. The van der Waals surface area contributed by atoms with E-state index >= 15 is 0 Å². The fraction of sp³-hybridized carbons (Fsp3) is 0.462. The third-order valence-electron chi connectivity index (χ3n) is 3.29. The van der Waals surface area contributed by atoms with E-state index in [4.69, 9.17) is 23.2 Å². The lowest BCUT2D eigenvalue weighted by atomic mass is 10.1. The van der Waals surface area contributed by atoms with Gasteiger partial charge in [0.05, 0.1) is 12.0 Å². The Morgan fingerprint density at radius 3 is 2.78 bits per heavy atom. The largest absolute Gasteiger partial charge is 0.333 e. The van der Waals surface area contributed by atoms with Crippen molar-refractivity contribution in [2.75, 3.05) is 6.54 Å². The van der Waals surface area contributed by atoms with Gasteiger partial charge >= 0.3 is 0 Å². The molecule has 0 radical (unpaired) electrons. The van der Waals surface area contributed by atoms with Crippen molar-refractivity contribution in [3.63, 3.8) is 0 Å². The smallest absolute Gasteiger partial charge is 0.232 e. The predicted octanol–water partition coefficient (Wildman–Crippen LogP) is 3.85. The Hall–Kier alpha value is -0.510. The number of rotatable bonds is 5. The predicted molar refractivity (Wildman–Crippen MR) is 77.1 cm³/mol. The lowest BCUT2D eigenvalue weighted by Crippen LogP contribution is -2.37. The summed E-state index contributed by atoms with van der Waals surface area (Å²) in [4.78, 5) is 15.4. The first-order valence-corrected chi connectivity index (χ1v) is 7.35. The lowest BCUT2D eigenvalue weighted by Gasteiger charge is -2.25. The third-order valence-corrected chi connectivity index (χ3v) is 5.26. The minimum Gasteiger partial charge on any atom is -0.333 e. The van der Waals surface area contributed by atoms with Crippen LogP contribution in [0.5, 0.6) is 0 Å². The molecular formula is C13H15Cl2NOS. The Morgan fingerprint density at radius 2 is 2.33 bits per heavy atom. The van der Waals surface area contributed by atoms with Gasteiger partial charge in [0.15, 0.2) is 0 Å². The fourth-order valence-corrected chi connectivity index (χ4v) is 3.36. The highest BCUT2D eigenvalue weighted by atomic mass is 35.5. The van der Waals surface area contributed by atoms with Gasteiger partial charge in [0.2, 0.25) is 5.91 Å². The highest BCUT2D eigenvalue weighted by Gasteiger charge is 2.68. The van der Waals surface area contributed by atoms with Crippen molar-refractivity contribution in [1.82, 2.24) is 4.90 Å². The van der Waals surface area contributed by atoms with E-state index in [0.29, 0.717) is 19.5 Å². The zero-order valence-corrected chi connectivity index (χ0v) is 12.5. The second-order valence-corrected chi connectivity index (χ2v) is 7.28. The van der Waals surface area contributed by atoms with Crippen LogP contribution in [0.25, 0.3) is 0 Å². The molecule has 1 atom stereocenters. The molecular weight excluding hydrogens is 289 g/mol. The van der Waals surface area contributed by atoms with Gasteiger partial charge in [0, 0.05) is 11.4 Å². The van der Waals surface area contributed by atoms with Crippen LogP contribution in [0.3, 0.4) is 0 Å². The molecule has 1 amide bonds. The van der Waals surface area contributed by atoms with Crippen molar-refractivity contribution in [3.8, 4) is 0 Å². The van der Waals surface area contributed by atoms with Crippen LogP contribution in [0.1, 0.15) is 18.2 Å². The number of thiophene rings is 1. The molecule has 0 aliphatic heterocycles. The first kappa shape index (κ1) is 13.9. The molecule has 2 nitrogen and oxygen atoms in total. The van der Waals surface area contributed by atoms with E-state index < -0.39 is 9.75 Å². The Labute approximate surface area is 121 Å². The fourth-order valence-electron chi connectivity index (χ4n) is 1.95. The van der Waals surface area contributed by atoms with E-state index in [1.165, 1.54) is 0 Å². The van der Waals surface area contributed by atoms with Crippen molar-refractivity contribution < 1.29 is 4.79 Å². The molecule has 0 aromatic carbocycles. The second-order valence-electron chi connectivity index (χ2n) is 4.77. The maximum atomic E-state index is 12.5. The maximum absolute atomic E-state index is 12.5. The molecule has 1 unspecified atom stereocenters. The molecule has 1 aromatic rings. The third kappa shape index (κ3) is 2.44. The summed E-state index contributed by atoms with van der Waals surface area (Å²) in [5.74, 6) is 0.000741. The summed E-state index contributed by atoms with van der Waals surface area (Å²) in [5, 5.41) is 2.00. The molecule has 18 heavy (non-hydrogen) atoms. The topological polar surface area (TPSA) is 20.3 Å². The molecule has 2 rings (SSSR count). The highest BCUT2D eigenvalue weighted by Crippen LogP contribution is 2.64. The molecule has 1 aliphatic carbocycles. The van der Waals surface area contributed by atoms with Crippen LogP contribution in [-0.2, 0) is 11.3 Å². The van der Waals surface area contributed by atoms with Crippen LogP contribution < -0.4 is 0 Å². The average molecular weight is 304 g/mol. The van der Waals surface area contributed by atoms with Crippen LogP contribution in [0.15, 0.2) is 30.2 Å². The molecule has 1 fully saturated rings. The van der Waals surface area contributed by atoms with Gasteiger partial charge in [0.25, 0.3) is 0 Å². The number of hydrogen-bond donors (Lipinski definition) is 0. The summed E-state index contributed by atoms with van der Waals surface area (Å²) in [5.41, 5.74) is -0.656. The van der Waals surface area contributed by atoms with Gasteiger partial charge in [0.1, 0.15) is 4.33 Å². The van der Waals surface area contributed by atoms with E-state index in [1.54, 1.807) is 22.3 Å². The van der Waals surface area contributed by atoms with Gasteiger partial charge in [-0.15, -0.1) is 41.1 Å². The summed E-state index contributed by atoms with van der Waals surface area (Å²) in [6.45, 7) is 6.61. The van der Waals surface area contributed by atoms with Crippen molar-refractivity contribution in [2.45, 2.75) is 24.2 Å². The highest BCUT2D eigenvalue weighted by molar-refractivity contribution is 7.09. The first-order chi connectivity index (χ1) is 8.40. The number of carbonyl (C=O) groups excluding carboxylic acids is 1. The van der Waals surface area contributed by atoms with Crippen LogP contribution in [-0.4, -0.2) is 21.7 Å². The van der Waals surface area contributed by atoms with Crippen molar-refractivity contribution >= 4 is 40.4 Å². The molecule has 1 aliphatic rings. The molecule has 0 N–H and O–H groups in total. The summed E-state index contributed by atoms with van der Waals surface area (Å²) < 4.78 is -0.918. The number of hydrogen-bond acceptors (Lipinski definition) is 2. The van der Waals surface area contributed by atoms with Gasteiger partial charge in [-0.2, -0.15) is 0 Å². The summed E-state index contributed by atoms with van der Waals surface area (Å²) in [6, 6.07) is 3.99. The second kappa shape index (κ2) is 4.87. The standard InChI is InChI=1S/C13H15Cl2NOS/c1-3-6-16(8-10-5-4-7-18-10)11(17)12(2)9-13(12,14)15/h3-5,7H,1,6,8-9H2,2H3. The van der Waals surface area contributed by atoms with Crippen molar-refractivity contribution in [1.29, 1.82) is 0 Å². The van der Waals surface area contributed by atoms with Gasteiger partial charge < -0.3 is 4.90 Å². The molecule has 1 heterocycles. The van der Waals surface area contributed by atoms with Crippen molar-refractivity contribution in [3.05, 3.63) is 35.0 Å². The summed E-state index contributed by atoms with van der Waals surface area (Å²) in [7, 11) is 0. The maximum Gasteiger partial charge on any atom is 0.232 e. The lowest BCUT2D eigenvalue weighted by molar-refractivity contribution is -0.136. The first-order valence-electron chi connectivity index (χ1n) is 5.71. The quantitative estimate of drug-likeness (QED) is 0.598. The van der Waals surface area contributed by atoms with E-state index in [-0.39, 0.29) is 5.91 Å². The Bertz CT molecular complexity index is 458. The van der Waals surface area contributed by atoms with Crippen LogP contribution in [0.2, 0.25) is 0 Å². The normalized spacial score (nSPS) is 24.6. The Kier molecular flexibility index (Phi) is 3.77. The van der Waals surface area contributed by atoms with Crippen LogP contribution in [0.4, 0.5) is 0 Å². The monoisotopic (exact) mass is 303 g/mol. The molecule has 1 saturated carbocycles. The summed E-state index contributed by atoms with van der Waals surface area (Å²) in [6.07, 6.45) is 2.24. The molecule has 0 saturated heterocycles. The van der Waals surface area contributed by atoms with Gasteiger partial charge in [-0.1, -0.05) is 12.1 Å².